The standard InChI is InChI=1S/C12H15N3O2/c1-6-7(2)15-11-10(14-6)9(16-3)5-8(13)12(11)17-4/h5H,13H2,1-4H3. The summed E-state index contributed by atoms with van der Waals surface area (Å²) in [5.74, 6) is 1.14. The number of aryl methyl sites for hydroxylation is 2. The normalized spacial score (nSPS) is 10.6. The molecule has 0 saturated heterocycles. The van der Waals surface area contributed by atoms with E-state index in [-0.39, 0.29) is 0 Å². The van der Waals surface area contributed by atoms with E-state index in [0.717, 1.165) is 11.4 Å². The molecule has 2 aromatic rings. The Labute approximate surface area is 99.6 Å². The first kappa shape index (κ1) is 11.4. The highest BCUT2D eigenvalue weighted by Gasteiger charge is 2.15. The molecule has 0 fully saturated rings. The molecule has 0 unspecified atom stereocenters. The van der Waals surface area contributed by atoms with Crippen LogP contribution >= 0.6 is 0 Å². The number of fused-ring (bicyclic) bond motifs is 1. The molecular formula is C12H15N3O2. The number of nitrogens with zero attached hydrogens (tertiary/aromatic N) is 2. The largest absolute Gasteiger partial charge is 0.494 e. The molecule has 0 spiro atoms. The molecular weight excluding hydrogens is 218 g/mol. The van der Waals surface area contributed by atoms with Gasteiger partial charge in [-0.1, -0.05) is 0 Å². The highest BCUT2D eigenvalue weighted by atomic mass is 16.5. The minimum atomic E-state index is 0.495. The van der Waals surface area contributed by atoms with Gasteiger partial charge in [0.25, 0.3) is 0 Å². The second-order valence-corrected chi connectivity index (χ2v) is 3.79. The number of hydrogen-bond acceptors (Lipinski definition) is 5. The molecule has 1 heterocycles. The van der Waals surface area contributed by atoms with Crippen molar-refractivity contribution in [2.24, 2.45) is 0 Å². The summed E-state index contributed by atoms with van der Waals surface area (Å²) in [6.45, 7) is 3.81. The van der Waals surface area contributed by atoms with Crippen LogP contribution in [0.1, 0.15) is 11.4 Å². The van der Waals surface area contributed by atoms with Gasteiger partial charge in [0, 0.05) is 6.07 Å². The number of rotatable bonds is 2. The van der Waals surface area contributed by atoms with Crippen LogP contribution in [0.25, 0.3) is 11.0 Å². The van der Waals surface area contributed by atoms with Crippen LogP contribution in [0.3, 0.4) is 0 Å². The molecule has 2 N–H and O–H groups in total. The fourth-order valence-electron chi connectivity index (χ4n) is 1.72. The van der Waals surface area contributed by atoms with Crippen molar-refractivity contribution >= 4 is 16.7 Å². The highest BCUT2D eigenvalue weighted by molar-refractivity contribution is 5.92. The van der Waals surface area contributed by atoms with Crippen LogP contribution in [-0.2, 0) is 0 Å². The third kappa shape index (κ3) is 1.73. The first-order valence-corrected chi connectivity index (χ1v) is 5.24. The van der Waals surface area contributed by atoms with Crippen molar-refractivity contribution in [1.29, 1.82) is 0 Å². The van der Waals surface area contributed by atoms with Gasteiger partial charge in [-0.05, 0) is 13.8 Å². The summed E-state index contributed by atoms with van der Waals surface area (Å²) in [6.07, 6.45) is 0. The van der Waals surface area contributed by atoms with Crippen molar-refractivity contribution in [3.8, 4) is 11.5 Å². The van der Waals surface area contributed by atoms with Gasteiger partial charge in [-0.3, -0.25) is 0 Å². The van der Waals surface area contributed by atoms with Gasteiger partial charge in [0.2, 0.25) is 0 Å². The fraction of sp³-hybridized carbons (Fsp3) is 0.333. The molecule has 0 aliphatic rings. The van der Waals surface area contributed by atoms with E-state index in [4.69, 9.17) is 15.2 Å². The number of methoxy groups -OCH3 is 2. The number of nitrogens with two attached hydrogens (primary N) is 1. The fourth-order valence-corrected chi connectivity index (χ4v) is 1.72. The lowest BCUT2D eigenvalue weighted by Gasteiger charge is -2.12. The van der Waals surface area contributed by atoms with Crippen LogP contribution in [-0.4, -0.2) is 24.2 Å². The minimum absolute atomic E-state index is 0.495. The van der Waals surface area contributed by atoms with Crippen LogP contribution < -0.4 is 15.2 Å². The SMILES string of the molecule is COc1cc(N)c(OC)c2nc(C)c(C)nc12. The van der Waals surface area contributed by atoms with Gasteiger partial charge in [0.05, 0.1) is 31.3 Å². The third-order valence-electron chi connectivity index (χ3n) is 2.73. The first-order valence-electron chi connectivity index (χ1n) is 5.24. The molecule has 17 heavy (non-hydrogen) atoms. The molecule has 0 aliphatic heterocycles. The lowest BCUT2D eigenvalue weighted by Crippen LogP contribution is -2.01. The van der Waals surface area contributed by atoms with Crippen molar-refractivity contribution in [3.05, 3.63) is 17.5 Å². The van der Waals surface area contributed by atoms with Crippen LogP contribution in [0.15, 0.2) is 6.07 Å². The minimum Gasteiger partial charge on any atom is -0.494 e. The van der Waals surface area contributed by atoms with Gasteiger partial charge in [-0.25, -0.2) is 9.97 Å². The zero-order chi connectivity index (χ0) is 12.6. The number of benzene rings is 1. The Bertz CT molecular complexity index is 582. The van der Waals surface area contributed by atoms with E-state index < -0.39 is 0 Å². The number of aromatic nitrogens is 2. The van der Waals surface area contributed by atoms with Crippen LogP contribution in [0.2, 0.25) is 0 Å². The summed E-state index contributed by atoms with van der Waals surface area (Å²) < 4.78 is 10.5. The zero-order valence-electron chi connectivity index (χ0n) is 10.4. The average molecular weight is 233 g/mol. The number of ether oxygens (including phenoxy) is 2. The van der Waals surface area contributed by atoms with Crippen LogP contribution in [0, 0.1) is 13.8 Å². The Balaban J connectivity index is 2.92. The monoisotopic (exact) mass is 233 g/mol. The molecule has 0 radical (unpaired) electrons. The van der Waals surface area contributed by atoms with Crippen molar-refractivity contribution in [1.82, 2.24) is 9.97 Å². The highest BCUT2D eigenvalue weighted by Crippen LogP contribution is 2.36. The lowest BCUT2D eigenvalue weighted by molar-refractivity contribution is 0.410. The molecule has 0 aliphatic carbocycles. The maximum Gasteiger partial charge on any atom is 0.169 e. The molecule has 5 heteroatoms. The van der Waals surface area contributed by atoms with Crippen LogP contribution in [0.5, 0.6) is 11.5 Å². The summed E-state index contributed by atoms with van der Waals surface area (Å²) in [4.78, 5) is 8.94. The van der Waals surface area contributed by atoms with E-state index >= 15 is 0 Å². The molecule has 1 aromatic heterocycles. The number of hydrogen-bond donors (Lipinski definition) is 1. The summed E-state index contributed by atoms with van der Waals surface area (Å²) in [5.41, 5.74) is 9.40. The second kappa shape index (κ2) is 4.08. The summed E-state index contributed by atoms with van der Waals surface area (Å²) >= 11 is 0. The van der Waals surface area contributed by atoms with E-state index in [2.05, 4.69) is 9.97 Å². The van der Waals surface area contributed by atoms with Gasteiger partial charge in [-0.15, -0.1) is 0 Å². The Morgan fingerprint density at radius 2 is 1.59 bits per heavy atom. The van der Waals surface area contributed by atoms with Gasteiger partial charge in [-0.2, -0.15) is 0 Å². The molecule has 0 amide bonds. The third-order valence-corrected chi connectivity index (χ3v) is 2.73. The maximum atomic E-state index is 5.89. The van der Waals surface area contributed by atoms with E-state index in [0.29, 0.717) is 28.2 Å². The van der Waals surface area contributed by atoms with Crippen molar-refractivity contribution in [2.45, 2.75) is 13.8 Å². The average Bonchev–Trinajstić information content (AvgIpc) is 2.30. The van der Waals surface area contributed by atoms with E-state index in [1.54, 1.807) is 20.3 Å². The second-order valence-electron chi connectivity index (χ2n) is 3.79. The Morgan fingerprint density at radius 3 is 2.12 bits per heavy atom. The van der Waals surface area contributed by atoms with Crippen LogP contribution in [0.4, 0.5) is 5.69 Å². The summed E-state index contributed by atoms with van der Waals surface area (Å²) in [5, 5.41) is 0. The molecule has 90 valence electrons. The van der Waals surface area contributed by atoms with E-state index in [1.165, 1.54) is 0 Å². The Morgan fingerprint density at radius 1 is 1.00 bits per heavy atom. The smallest absolute Gasteiger partial charge is 0.169 e. The van der Waals surface area contributed by atoms with Gasteiger partial charge in [0.1, 0.15) is 16.8 Å². The molecule has 1 aromatic carbocycles. The topological polar surface area (TPSA) is 70.3 Å². The molecule has 0 saturated carbocycles. The first-order chi connectivity index (χ1) is 8.08. The van der Waals surface area contributed by atoms with E-state index in [1.807, 2.05) is 13.8 Å². The number of anilines is 1. The predicted octanol–water partition coefficient (Wildman–Crippen LogP) is 1.85. The Hall–Kier alpha value is -2.04. The maximum absolute atomic E-state index is 5.89. The quantitative estimate of drug-likeness (QED) is 0.801. The molecule has 0 atom stereocenters. The zero-order valence-corrected chi connectivity index (χ0v) is 10.4. The predicted molar refractivity (Wildman–Crippen MR) is 66.5 cm³/mol. The van der Waals surface area contributed by atoms with Crippen molar-refractivity contribution in [3.63, 3.8) is 0 Å². The van der Waals surface area contributed by atoms with Gasteiger partial charge < -0.3 is 15.2 Å². The van der Waals surface area contributed by atoms with Gasteiger partial charge >= 0.3 is 0 Å². The van der Waals surface area contributed by atoms with Crippen molar-refractivity contribution in [2.75, 3.05) is 20.0 Å². The molecule has 0 bridgehead atoms. The lowest BCUT2D eigenvalue weighted by atomic mass is 10.2. The van der Waals surface area contributed by atoms with E-state index in [9.17, 15) is 0 Å². The Kier molecular flexibility index (Phi) is 2.75. The number of nitrogen functional groups attached to an aromatic ring is 1. The summed E-state index contributed by atoms with van der Waals surface area (Å²) in [6, 6.07) is 1.70. The summed E-state index contributed by atoms with van der Waals surface area (Å²) in [7, 11) is 3.14. The molecule has 2 rings (SSSR count). The van der Waals surface area contributed by atoms with Gasteiger partial charge in [0.15, 0.2) is 5.75 Å². The van der Waals surface area contributed by atoms with Crippen molar-refractivity contribution < 1.29 is 9.47 Å². The molecule has 5 nitrogen and oxygen atoms in total.